The Morgan fingerprint density at radius 3 is 2.73 bits per heavy atom. The molecule has 1 fully saturated rings. The van der Waals surface area contributed by atoms with Gasteiger partial charge in [0.15, 0.2) is 0 Å². The van der Waals surface area contributed by atoms with E-state index in [4.69, 9.17) is 5.11 Å². The second kappa shape index (κ2) is 8.12. The van der Waals surface area contributed by atoms with Crippen LogP contribution >= 0.6 is 11.3 Å². The highest BCUT2D eigenvalue weighted by Crippen LogP contribution is 2.35. The van der Waals surface area contributed by atoms with Crippen molar-refractivity contribution in [3.63, 3.8) is 0 Å². The summed E-state index contributed by atoms with van der Waals surface area (Å²) in [4.78, 5) is 13.5. The molecule has 2 aromatic heterocycles. The maximum atomic E-state index is 9.05. The van der Waals surface area contributed by atoms with Gasteiger partial charge in [-0.15, -0.1) is 11.3 Å². The highest BCUT2D eigenvalue weighted by molar-refractivity contribution is 7.21. The maximum Gasteiger partial charge on any atom is 0.138 e. The van der Waals surface area contributed by atoms with Crippen LogP contribution in [0.1, 0.15) is 12.8 Å². The summed E-state index contributed by atoms with van der Waals surface area (Å²) in [6.07, 6.45) is 3.99. The van der Waals surface area contributed by atoms with Crippen LogP contribution in [-0.4, -0.2) is 52.8 Å². The van der Waals surface area contributed by atoms with Gasteiger partial charge in [0.1, 0.15) is 17.0 Å². The highest BCUT2D eigenvalue weighted by Gasteiger charge is 2.19. The average molecular weight is 369 g/mol. The molecule has 0 unspecified atom stereocenters. The molecular formula is C20H24N4OS. The van der Waals surface area contributed by atoms with Crippen LogP contribution < -0.4 is 5.32 Å². The molecule has 4 rings (SSSR count). The number of piperidine rings is 1. The highest BCUT2D eigenvalue weighted by atomic mass is 32.1. The number of rotatable bonds is 6. The third-order valence-corrected chi connectivity index (χ3v) is 6.16. The van der Waals surface area contributed by atoms with Crippen LogP contribution in [0.2, 0.25) is 0 Å². The van der Waals surface area contributed by atoms with E-state index in [2.05, 4.69) is 50.5 Å². The van der Waals surface area contributed by atoms with E-state index in [0.29, 0.717) is 5.92 Å². The minimum Gasteiger partial charge on any atom is -0.395 e. The first-order valence-electron chi connectivity index (χ1n) is 9.20. The molecule has 136 valence electrons. The van der Waals surface area contributed by atoms with Crippen molar-refractivity contribution in [2.45, 2.75) is 12.8 Å². The topological polar surface area (TPSA) is 61.3 Å². The Kier molecular flexibility index (Phi) is 5.43. The Hall–Kier alpha value is -2.02. The lowest BCUT2D eigenvalue weighted by atomic mass is 9.97. The molecule has 0 bridgehead atoms. The molecule has 0 atom stereocenters. The van der Waals surface area contributed by atoms with Gasteiger partial charge in [-0.3, -0.25) is 0 Å². The van der Waals surface area contributed by atoms with Crippen LogP contribution in [0, 0.1) is 5.92 Å². The van der Waals surface area contributed by atoms with Crippen molar-refractivity contribution in [1.29, 1.82) is 0 Å². The fraction of sp³-hybridized carbons (Fsp3) is 0.400. The predicted octanol–water partition coefficient (Wildman–Crippen LogP) is 3.47. The van der Waals surface area contributed by atoms with Crippen LogP contribution in [0.15, 0.2) is 42.7 Å². The summed E-state index contributed by atoms with van der Waals surface area (Å²) in [5, 5.41) is 13.7. The molecule has 3 aromatic rings. The molecule has 0 radical (unpaired) electrons. The number of nitrogens with zero attached hydrogens (tertiary/aromatic N) is 3. The molecular weight excluding hydrogens is 344 g/mol. The fourth-order valence-electron chi connectivity index (χ4n) is 3.54. The predicted molar refractivity (Wildman–Crippen MR) is 108 cm³/mol. The summed E-state index contributed by atoms with van der Waals surface area (Å²) in [5.41, 5.74) is 1.22. The first-order chi connectivity index (χ1) is 12.8. The summed E-state index contributed by atoms with van der Waals surface area (Å²) in [6, 6.07) is 12.6. The number of anilines is 1. The van der Waals surface area contributed by atoms with E-state index in [0.717, 1.165) is 42.2 Å². The summed E-state index contributed by atoms with van der Waals surface area (Å²) in [5.74, 6) is 1.59. The van der Waals surface area contributed by atoms with Gasteiger partial charge in [-0.05, 0) is 43.5 Å². The van der Waals surface area contributed by atoms with Crippen LogP contribution in [0.25, 0.3) is 20.7 Å². The van der Waals surface area contributed by atoms with Crippen molar-refractivity contribution >= 4 is 27.4 Å². The number of β-amino-alcohol motifs (C(OH)–C–C–N with tert-alkyl or cyclic N) is 1. The smallest absolute Gasteiger partial charge is 0.138 e. The molecule has 1 saturated heterocycles. The van der Waals surface area contributed by atoms with Gasteiger partial charge in [0.25, 0.3) is 0 Å². The molecule has 2 N–H and O–H groups in total. The Morgan fingerprint density at radius 1 is 1.15 bits per heavy atom. The molecule has 3 heterocycles. The van der Waals surface area contributed by atoms with Gasteiger partial charge in [-0.25, -0.2) is 9.97 Å². The second-order valence-corrected chi connectivity index (χ2v) is 7.84. The van der Waals surface area contributed by atoms with Gasteiger partial charge in [-0.2, -0.15) is 0 Å². The van der Waals surface area contributed by atoms with E-state index in [1.54, 1.807) is 17.7 Å². The largest absolute Gasteiger partial charge is 0.395 e. The van der Waals surface area contributed by atoms with Crippen molar-refractivity contribution in [3.8, 4) is 10.4 Å². The number of nitrogens with one attached hydrogen (secondary N) is 1. The lowest BCUT2D eigenvalue weighted by Gasteiger charge is -2.31. The number of benzene rings is 1. The lowest BCUT2D eigenvalue weighted by Crippen LogP contribution is -2.37. The number of thiophene rings is 1. The maximum absolute atomic E-state index is 9.05. The Labute approximate surface area is 157 Å². The summed E-state index contributed by atoms with van der Waals surface area (Å²) >= 11 is 1.71. The van der Waals surface area contributed by atoms with E-state index < -0.39 is 0 Å². The van der Waals surface area contributed by atoms with Gasteiger partial charge >= 0.3 is 0 Å². The molecule has 0 aliphatic carbocycles. The average Bonchev–Trinajstić information content (AvgIpc) is 3.13. The first-order valence-corrected chi connectivity index (χ1v) is 10.0. The van der Waals surface area contributed by atoms with Gasteiger partial charge in [-0.1, -0.05) is 30.3 Å². The van der Waals surface area contributed by atoms with E-state index >= 15 is 0 Å². The fourth-order valence-corrected chi connectivity index (χ4v) is 4.54. The van der Waals surface area contributed by atoms with E-state index in [1.165, 1.54) is 23.3 Å². The van der Waals surface area contributed by atoms with E-state index in [1.807, 2.05) is 6.07 Å². The number of fused-ring (bicyclic) bond motifs is 1. The second-order valence-electron chi connectivity index (χ2n) is 6.81. The Morgan fingerprint density at radius 2 is 1.96 bits per heavy atom. The van der Waals surface area contributed by atoms with Gasteiger partial charge in [0.2, 0.25) is 0 Å². The minimum absolute atomic E-state index is 0.254. The Bertz CT molecular complexity index is 843. The van der Waals surface area contributed by atoms with Crippen LogP contribution in [-0.2, 0) is 0 Å². The zero-order chi connectivity index (χ0) is 17.8. The van der Waals surface area contributed by atoms with Crippen molar-refractivity contribution in [2.24, 2.45) is 5.92 Å². The molecule has 26 heavy (non-hydrogen) atoms. The Balaban J connectivity index is 1.45. The van der Waals surface area contributed by atoms with E-state index in [-0.39, 0.29) is 6.61 Å². The molecule has 1 aliphatic heterocycles. The lowest BCUT2D eigenvalue weighted by molar-refractivity contribution is 0.151. The number of aliphatic hydroxyl groups is 1. The number of aliphatic hydroxyl groups excluding tert-OH is 1. The van der Waals surface area contributed by atoms with Crippen LogP contribution in [0.4, 0.5) is 5.82 Å². The summed E-state index contributed by atoms with van der Waals surface area (Å²) in [7, 11) is 0. The SMILES string of the molecule is OCCN1CCC(CNc2ncnc3sc(-c4ccccc4)cc23)CC1. The van der Waals surface area contributed by atoms with Gasteiger partial charge < -0.3 is 15.3 Å². The zero-order valence-electron chi connectivity index (χ0n) is 14.8. The molecule has 5 nitrogen and oxygen atoms in total. The van der Waals surface area contributed by atoms with Crippen LogP contribution in [0.3, 0.4) is 0 Å². The number of hydrogen-bond donors (Lipinski definition) is 2. The molecule has 0 amide bonds. The van der Waals surface area contributed by atoms with Crippen LogP contribution in [0.5, 0.6) is 0 Å². The number of aromatic nitrogens is 2. The van der Waals surface area contributed by atoms with E-state index in [9.17, 15) is 0 Å². The minimum atomic E-state index is 0.254. The third-order valence-electron chi connectivity index (χ3n) is 5.07. The summed E-state index contributed by atoms with van der Waals surface area (Å²) < 4.78 is 0. The molecule has 0 spiro atoms. The van der Waals surface area contributed by atoms with Gasteiger partial charge in [0, 0.05) is 18.0 Å². The van der Waals surface area contributed by atoms with Gasteiger partial charge in [0.05, 0.1) is 12.0 Å². The zero-order valence-corrected chi connectivity index (χ0v) is 15.6. The normalized spacial score (nSPS) is 16.2. The third kappa shape index (κ3) is 3.87. The molecule has 1 aliphatic rings. The molecule has 0 saturated carbocycles. The first kappa shape index (κ1) is 17.4. The standard InChI is InChI=1S/C20H24N4OS/c25-11-10-24-8-6-15(7-9-24)13-21-19-17-12-18(16-4-2-1-3-5-16)26-20(17)23-14-22-19/h1-5,12,14-15,25H,6-11,13H2,(H,21,22,23). The number of likely N-dealkylation sites (tertiary alicyclic amines) is 1. The van der Waals surface area contributed by atoms with Crippen molar-refractivity contribution in [2.75, 3.05) is 38.1 Å². The number of hydrogen-bond acceptors (Lipinski definition) is 6. The van der Waals surface area contributed by atoms with Crippen molar-refractivity contribution < 1.29 is 5.11 Å². The summed E-state index contributed by atoms with van der Waals surface area (Å²) in [6.45, 7) is 4.13. The van der Waals surface area contributed by atoms with Crippen molar-refractivity contribution in [1.82, 2.24) is 14.9 Å². The van der Waals surface area contributed by atoms with Crippen molar-refractivity contribution in [3.05, 3.63) is 42.7 Å². The molecule has 6 heteroatoms. The quantitative estimate of drug-likeness (QED) is 0.698. The monoisotopic (exact) mass is 368 g/mol. The molecule has 1 aromatic carbocycles.